The van der Waals surface area contributed by atoms with Crippen LogP contribution in [0.25, 0.3) is 0 Å². The molecule has 2 rings (SSSR count). The van der Waals surface area contributed by atoms with Crippen molar-refractivity contribution in [2.24, 2.45) is 5.92 Å². The van der Waals surface area contributed by atoms with Gasteiger partial charge in [0, 0.05) is 12.7 Å². The molecule has 1 fully saturated rings. The summed E-state index contributed by atoms with van der Waals surface area (Å²) in [6.45, 7) is 1.23. The molecule has 1 amide bonds. The summed E-state index contributed by atoms with van der Waals surface area (Å²) in [6, 6.07) is 5.17. The second kappa shape index (κ2) is 6.43. The average molecular weight is 264 g/mol. The molecular weight excluding hydrogens is 244 g/mol. The Kier molecular flexibility index (Phi) is 4.63. The number of hydrogen-bond donors (Lipinski definition) is 2. The van der Waals surface area contributed by atoms with Crippen molar-refractivity contribution in [1.29, 1.82) is 0 Å². The van der Waals surface area contributed by atoms with E-state index in [9.17, 15) is 4.79 Å². The van der Waals surface area contributed by atoms with Gasteiger partial charge in [-0.3, -0.25) is 4.79 Å². The molecule has 0 aromatic heterocycles. The van der Waals surface area contributed by atoms with Crippen LogP contribution >= 0.6 is 0 Å². The van der Waals surface area contributed by atoms with Gasteiger partial charge >= 0.3 is 0 Å². The number of ether oxygens (including phenoxy) is 2. The van der Waals surface area contributed by atoms with Crippen LogP contribution in [0.15, 0.2) is 18.2 Å². The lowest BCUT2D eigenvalue weighted by molar-refractivity contribution is -0.117. The zero-order valence-corrected chi connectivity index (χ0v) is 11.1. The van der Waals surface area contributed by atoms with Crippen molar-refractivity contribution >= 4 is 17.3 Å². The molecule has 0 radical (unpaired) electrons. The van der Waals surface area contributed by atoms with Crippen LogP contribution in [0.4, 0.5) is 11.4 Å². The van der Waals surface area contributed by atoms with Crippen LogP contribution < -0.4 is 15.8 Å². The molecule has 0 heterocycles. The molecule has 0 bridgehead atoms. The van der Waals surface area contributed by atoms with Gasteiger partial charge in [0.2, 0.25) is 5.91 Å². The zero-order chi connectivity index (χ0) is 13.7. The quantitative estimate of drug-likeness (QED) is 0.584. The van der Waals surface area contributed by atoms with E-state index in [0.29, 0.717) is 30.2 Å². The fraction of sp³-hybridized carbons (Fsp3) is 0.500. The number of anilines is 2. The van der Waals surface area contributed by atoms with Gasteiger partial charge in [0.05, 0.1) is 31.5 Å². The van der Waals surface area contributed by atoms with Crippen LogP contribution in [-0.4, -0.2) is 26.2 Å². The second-order valence-electron chi connectivity index (χ2n) is 4.77. The Morgan fingerprint density at radius 1 is 1.47 bits per heavy atom. The van der Waals surface area contributed by atoms with Crippen LogP contribution in [0.3, 0.4) is 0 Å². The third-order valence-electron chi connectivity index (χ3n) is 3.06. The molecule has 1 saturated carbocycles. The van der Waals surface area contributed by atoms with E-state index >= 15 is 0 Å². The first-order valence-electron chi connectivity index (χ1n) is 6.50. The Labute approximate surface area is 113 Å². The number of nitrogen functional groups attached to an aromatic ring is 1. The smallest absolute Gasteiger partial charge is 0.226 e. The van der Waals surface area contributed by atoms with E-state index < -0.39 is 0 Å². The van der Waals surface area contributed by atoms with E-state index in [0.717, 1.165) is 12.5 Å². The number of amides is 1. The van der Waals surface area contributed by atoms with Crippen molar-refractivity contribution in [3.63, 3.8) is 0 Å². The number of methoxy groups -OCH3 is 1. The van der Waals surface area contributed by atoms with Crippen molar-refractivity contribution in [2.75, 3.05) is 31.4 Å². The number of nitrogens with one attached hydrogen (secondary N) is 1. The van der Waals surface area contributed by atoms with Gasteiger partial charge in [-0.2, -0.15) is 0 Å². The average Bonchev–Trinajstić information content (AvgIpc) is 3.21. The third-order valence-corrected chi connectivity index (χ3v) is 3.06. The minimum atomic E-state index is -0.0901. The third kappa shape index (κ3) is 4.44. The minimum Gasteiger partial charge on any atom is -0.497 e. The van der Waals surface area contributed by atoms with Gasteiger partial charge in [-0.1, -0.05) is 0 Å². The molecule has 19 heavy (non-hydrogen) atoms. The van der Waals surface area contributed by atoms with Crippen LogP contribution in [-0.2, 0) is 9.53 Å². The number of carbonyl (C=O) groups excluding carboxylic acids is 1. The lowest BCUT2D eigenvalue weighted by atomic mass is 10.2. The summed E-state index contributed by atoms with van der Waals surface area (Å²) in [5, 5.41) is 2.77. The van der Waals surface area contributed by atoms with Gasteiger partial charge in [0.15, 0.2) is 0 Å². The number of rotatable bonds is 7. The Hall–Kier alpha value is -1.75. The maximum Gasteiger partial charge on any atom is 0.226 e. The summed E-state index contributed by atoms with van der Waals surface area (Å²) in [5.41, 5.74) is 6.92. The molecular formula is C14H20N2O3. The first-order valence-corrected chi connectivity index (χ1v) is 6.50. The summed E-state index contributed by atoms with van der Waals surface area (Å²) in [5.74, 6) is 1.30. The summed E-state index contributed by atoms with van der Waals surface area (Å²) in [6.07, 6.45) is 2.86. The Morgan fingerprint density at radius 3 is 2.89 bits per heavy atom. The number of carbonyl (C=O) groups is 1. The lowest BCUT2D eigenvalue weighted by Crippen LogP contribution is -2.15. The molecule has 1 aliphatic rings. The Balaban J connectivity index is 1.74. The largest absolute Gasteiger partial charge is 0.497 e. The van der Waals surface area contributed by atoms with E-state index in [1.54, 1.807) is 25.3 Å². The molecule has 5 nitrogen and oxygen atoms in total. The van der Waals surface area contributed by atoms with Gasteiger partial charge in [0.1, 0.15) is 5.75 Å². The van der Waals surface area contributed by atoms with Crippen molar-refractivity contribution in [2.45, 2.75) is 19.3 Å². The topological polar surface area (TPSA) is 73.6 Å². The molecule has 1 aromatic rings. The SMILES string of the molecule is COc1ccc(NC(=O)CCOCC2CC2)c(N)c1. The van der Waals surface area contributed by atoms with E-state index in [2.05, 4.69) is 5.32 Å². The normalized spacial score (nSPS) is 14.2. The highest BCUT2D eigenvalue weighted by Crippen LogP contribution is 2.28. The highest BCUT2D eigenvalue weighted by atomic mass is 16.5. The van der Waals surface area contributed by atoms with Gasteiger partial charge in [0.25, 0.3) is 0 Å². The van der Waals surface area contributed by atoms with Crippen LogP contribution in [0.1, 0.15) is 19.3 Å². The maximum absolute atomic E-state index is 11.7. The number of hydrogen-bond acceptors (Lipinski definition) is 4. The van der Waals surface area contributed by atoms with Crippen molar-refractivity contribution in [3.8, 4) is 5.75 Å². The van der Waals surface area contributed by atoms with Gasteiger partial charge < -0.3 is 20.5 Å². The Morgan fingerprint density at radius 2 is 2.26 bits per heavy atom. The second-order valence-corrected chi connectivity index (χ2v) is 4.77. The van der Waals surface area contributed by atoms with Gasteiger partial charge in [-0.05, 0) is 30.9 Å². The van der Waals surface area contributed by atoms with Crippen LogP contribution in [0.5, 0.6) is 5.75 Å². The first-order chi connectivity index (χ1) is 9.19. The predicted molar refractivity (Wildman–Crippen MR) is 74.2 cm³/mol. The lowest BCUT2D eigenvalue weighted by Gasteiger charge is -2.09. The number of benzene rings is 1. The summed E-state index contributed by atoms with van der Waals surface area (Å²) >= 11 is 0. The fourth-order valence-corrected chi connectivity index (χ4v) is 1.69. The van der Waals surface area contributed by atoms with Crippen LogP contribution in [0.2, 0.25) is 0 Å². The molecule has 104 valence electrons. The van der Waals surface area contributed by atoms with E-state index in [1.165, 1.54) is 12.8 Å². The molecule has 1 aliphatic carbocycles. The van der Waals surface area contributed by atoms with E-state index in [1.807, 2.05) is 0 Å². The molecule has 0 unspecified atom stereocenters. The molecule has 5 heteroatoms. The molecule has 0 saturated heterocycles. The van der Waals surface area contributed by atoms with Gasteiger partial charge in [-0.15, -0.1) is 0 Å². The molecule has 1 aromatic carbocycles. The summed E-state index contributed by atoms with van der Waals surface area (Å²) < 4.78 is 10.5. The number of nitrogens with two attached hydrogens (primary N) is 1. The molecule has 0 atom stereocenters. The maximum atomic E-state index is 11.7. The molecule has 0 spiro atoms. The Bertz CT molecular complexity index is 444. The summed E-state index contributed by atoms with van der Waals surface area (Å²) in [4.78, 5) is 11.7. The predicted octanol–water partition coefficient (Wildman–Crippen LogP) is 2.03. The molecule has 3 N–H and O–H groups in total. The standard InChI is InChI=1S/C14H20N2O3/c1-18-11-4-5-13(12(15)8-11)16-14(17)6-7-19-9-10-2-3-10/h4-5,8,10H,2-3,6-7,9,15H2,1H3,(H,16,17). The van der Waals surface area contributed by atoms with E-state index in [-0.39, 0.29) is 5.91 Å². The van der Waals surface area contributed by atoms with Gasteiger partial charge in [-0.25, -0.2) is 0 Å². The minimum absolute atomic E-state index is 0.0901. The van der Waals surface area contributed by atoms with Crippen molar-refractivity contribution in [3.05, 3.63) is 18.2 Å². The highest BCUT2D eigenvalue weighted by Gasteiger charge is 2.21. The summed E-state index contributed by atoms with van der Waals surface area (Å²) in [7, 11) is 1.57. The van der Waals surface area contributed by atoms with Crippen molar-refractivity contribution in [1.82, 2.24) is 0 Å². The van der Waals surface area contributed by atoms with Crippen LogP contribution in [0, 0.1) is 5.92 Å². The molecule has 0 aliphatic heterocycles. The fourth-order valence-electron chi connectivity index (χ4n) is 1.69. The first kappa shape index (κ1) is 13.7. The monoisotopic (exact) mass is 264 g/mol. The zero-order valence-electron chi connectivity index (χ0n) is 11.1. The highest BCUT2D eigenvalue weighted by molar-refractivity contribution is 5.94. The van der Waals surface area contributed by atoms with Crippen molar-refractivity contribution < 1.29 is 14.3 Å². The van der Waals surface area contributed by atoms with E-state index in [4.69, 9.17) is 15.2 Å².